The first-order valence-electron chi connectivity index (χ1n) is 12.2. The molecule has 0 saturated carbocycles. The fourth-order valence-electron chi connectivity index (χ4n) is 3.26. The summed E-state index contributed by atoms with van der Waals surface area (Å²) in [6.07, 6.45) is 3.47. The summed E-state index contributed by atoms with van der Waals surface area (Å²) >= 11 is 1.55. The van der Waals surface area contributed by atoms with Crippen LogP contribution in [0.1, 0.15) is 37.3 Å². The largest absolute Gasteiger partial charge is 0.478 e. The van der Waals surface area contributed by atoms with Gasteiger partial charge in [-0.2, -0.15) is 0 Å². The molecule has 0 unspecified atom stereocenters. The number of hydrogen-bond acceptors (Lipinski definition) is 10. The Morgan fingerprint density at radius 1 is 1.22 bits per heavy atom. The van der Waals surface area contributed by atoms with E-state index in [2.05, 4.69) is 54.0 Å². The van der Waals surface area contributed by atoms with Crippen molar-refractivity contribution in [2.45, 2.75) is 52.4 Å². The molecule has 0 aliphatic carbocycles. The van der Waals surface area contributed by atoms with Gasteiger partial charge in [-0.05, 0) is 31.2 Å². The number of hydrogen-bond donors (Lipinski definition) is 2. The Kier molecular flexibility index (Phi) is 9.52. The Bertz CT molecular complexity index is 1210. The van der Waals surface area contributed by atoms with Crippen LogP contribution in [0.15, 0.2) is 30.6 Å². The quantitative estimate of drug-likeness (QED) is 0.103. The van der Waals surface area contributed by atoms with Gasteiger partial charge in [0.05, 0.1) is 23.2 Å². The maximum atomic E-state index is 8.28. The van der Waals surface area contributed by atoms with Crippen LogP contribution in [0.5, 0.6) is 0 Å². The second kappa shape index (κ2) is 12.4. The summed E-state index contributed by atoms with van der Waals surface area (Å²) in [6.45, 7) is 14.5. The number of aromatic nitrogens is 4. The van der Waals surface area contributed by atoms with E-state index < -0.39 is 8.07 Å². The van der Waals surface area contributed by atoms with Gasteiger partial charge in [0.2, 0.25) is 11.0 Å². The van der Waals surface area contributed by atoms with Crippen molar-refractivity contribution < 1.29 is 9.47 Å². The third kappa shape index (κ3) is 7.31. The van der Waals surface area contributed by atoms with E-state index in [-0.39, 0.29) is 5.90 Å². The van der Waals surface area contributed by atoms with Gasteiger partial charge < -0.3 is 14.8 Å². The molecule has 2 N–H and O–H groups in total. The molecule has 3 heterocycles. The molecule has 3 rings (SSSR count). The number of nitrogens with zero attached hydrogens (tertiary/aromatic N) is 5. The van der Waals surface area contributed by atoms with Crippen molar-refractivity contribution in [1.29, 1.82) is 5.41 Å². The van der Waals surface area contributed by atoms with Crippen LogP contribution >= 0.6 is 11.3 Å². The Labute approximate surface area is 218 Å². The summed E-state index contributed by atoms with van der Waals surface area (Å²) < 4.78 is 11.5. The Morgan fingerprint density at radius 3 is 2.64 bits per heavy atom. The summed E-state index contributed by atoms with van der Waals surface area (Å²) in [5, 5.41) is 21.8. The minimum absolute atomic E-state index is 0.0802. The minimum Gasteiger partial charge on any atom is -0.478 e. The lowest BCUT2D eigenvalue weighted by Gasteiger charge is -2.22. The summed E-state index contributed by atoms with van der Waals surface area (Å²) in [5.41, 5.74) is 2.82. The summed E-state index contributed by atoms with van der Waals surface area (Å²) in [4.78, 5) is 11.5. The molecule has 3 aromatic heterocycles. The number of fused-ring (bicyclic) bond motifs is 1. The van der Waals surface area contributed by atoms with Crippen LogP contribution in [0, 0.1) is 5.41 Å². The molecule has 9 nitrogen and oxygen atoms in total. The van der Waals surface area contributed by atoms with E-state index in [9.17, 15) is 0 Å². The zero-order chi connectivity index (χ0) is 26.3. The van der Waals surface area contributed by atoms with Crippen molar-refractivity contribution in [1.82, 2.24) is 25.5 Å². The van der Waals surface area contributed by atoms with E-state index in [1.807, 2.05) is 30.0 Å². The van der Waals surface area contributed by atoms with Gasteiger partial charge in [0.1, 0.15) is 17.6 Å². The van der Waals surface area contributed by atoms with Crippen LogP contribution in [0.4, 0.5) is 10.9 Å². The highest BCUT2D eigenvalue weighted by Crippen LogP contribution is 2.31. The fraction of sp³-hybridized carbons (Fsp3) is 0.480. The molecule has 0 atom stereocenters. The molecule has 0 bridgehead atoms. The molecule has 194 valence electrons. The highest BCUT2D eigenvalue weighted by molar-refractivity contribution is 7.15. The molecule has 3 aromatic rings. The molecular formula is C25H37N7O2SSi. The zero-order valence-electron chi connectivity index (χ0n) is 22.3. The second-order valence-electron chi connectivity index (χ2n) is 9.89. The summed E-state index contributed by atoms with van der Waals surface area (Å²) in [5.74, 6) is 1.08. The van der Waals surface area contributed by atoms with Gasteiger partial charge in [-0.1, -0.05) is 44.8 Å². The molecule has 0 radical (unpaired) electrons. The molecular weight excluding hydrogens is 490 g/mol. The molecule has 0 amide bonds. The first-order chi connectivity index (χ1) is 17.1. The van der Waals surface area contributed by atoms with Gasteiger partial charge in [0, 0.05) is 45.6 Å². The van der Waals surface area contributed by atoms with Crippen molar-refractivity contribution in [3.05, 3.63) is 41.2 Å². The number of rotatable bonds is 12. The van der Waals surface area contributed by atoms with E-state index in [0.717, 1.165) is 27.3 Å². The van der Waals surface area contributed by atoms with Crippen LogP contribution in [-0.2, 0) is 9.47 Å². The first kappa shape index (κ1) is 27.7. The van der Waals surface area contributed by atoms with Gasteiger partial charge >= 0.3 is 0 Å². The van der Waals surface area contributed by atoms with Crippen molar-refractivity contribution in [2.75, 3.05) is 31.9 Å². The van der Waals surface area contributed by atoms with E-state index in [0.29, 0.717) is 42.8 Å². The number of anilines is 2. The predicted molar refractivity (Wildman–Crippen MR) is 151 cm³/mol. The molecule has 36 heavy (non-hydrogen) atoms. The molecule has 0 saturated heterocycles. The van der Waals surface area contributed by atoms with E-state index >= 15 is 0 Å². The van der Waals surface area contributed by atoms with Crippen LogP contribution < -0.4 is 10.2 Å². The molecule has 0 aromatic carbocycles. The highest BCUT2D eigenvalue weighted by atomic mass is 32.1. The Balaban J connectivity index is 1.97. The first-order valence-corrected chi connectivity index (χ1v) is 16.7. The molecule has 0 aliphatic heterocycles. The number of nitrogens with one attached hydrogen (secondary N) is 2. The van der Waals surface area contributed by atoms with Crippen LogP contribution in [-0.4, -0.2) is 61.1 Å². The third-order valence-corrected chi connectivity index (χ3v) is 8.25. The second-order valence-corrected chi connectivity index (χ2v) is 16.5. The molecule has 0 aliphatic rings. The Hall–Kier alpha value is -2.89. The standard InChI is InChI=1S/C25H37N7O2SSi/c1-8-34-23(26)19(15-27-4)18-13-21-20(28-14-18)9-10-22(29-21)32(16-33-11-12-36(5,6)7)25-31-30-24(35-25)17(2)3/h9-10,13-15,17,26-27H,8,11-12,16H2,1-7H3/b19-15-,26-23?. The van der Waals surface area contributed by atoms with E-state index in [1.165, 1.54) is 0 Å². The smallest absolute Gasteiger partial charge is 0.215 e. The van der Waals surface area contributed by atoms with Gasteiger partial charge in [0.25, 0.3) is 0 Å². The van der Waals surface area contributed by atoms with E-state index in [4.69, 9.17) is 19.9 Å². The van der Waals surface area contributed by atoms with Crippen molar-refractivity contribution in [3.8, 4) is 0 Å². The average molecular weight is 528 g/mol. The van der Waals surface area contributed by atoms with Gasteiger partial charge in [-0.3, -0.25) is 15.3 Å². The maximum absolute atomic E-state index is 8.28. The molecule has 11 heteroatoms. The average Bonchev–Trinajstić information content (AvgIpc) is 3.31. The Morgan fingerprint density at radius 2 is 2.00 bits per heavy atom. The topological polar surface area (TPSA) is 109 Å². The van der Waals surface area contributed by atoms with E-state index in [1.54, 1.807) is 30.8 Å². The predicted octanol–water partition coefficient (Wildman–Crippen LogP) is 5.63. The molecule has 0 spiro atoms. The fourth-order valence-corrected chi connectivity index (χ4v) is 4.86. The van der Waals surface area contributed by atoms with Crippen LogP contribution in [0.3, 0.4) is 0 Å². The van der Waals surface area contributed by atoms with Gasteiger partial charge in [-0.15, -0.1) is 10.2 Å². The lowest BCUT2D eigenvalue weighted by atomic mass is 10.1. The normalized spacial score (nSPS) is 12.3. The third-order valence-electron chi connectivity index (χ3n) is 5.30. The summed E-state index contributed by atoms with van der Waals surface area (Å²) in [6, 6.07) is 6.88. The maximum Gasteiger partial charge on any atom is 0.215 e. The SMILES string of the molecule is CCOC(=N)/C(=C\NC)c1cnc2ccc(N(COCC[Si](C)(C)C)c3nnc(C(C)C)s3)nc2c1. The van der Waals surface area contributed by atoms with Gasteiger partial charge in [0.15, 0.2) is 0 Å². The van der Waals surface area contributed by atoms with Crippen LogP contribution in [0.2, 0.25) is 25.7 Å². The monoisotopic (exact) mass is 527 g/mol. The number of ether oxygens (including phenoxy) is 2. The minimum atomic E-state index is -1.21. The highest BCUT2D eigenvalue weighted by Gasteiger charge is 2.20. The van der Waals surface area contributed by atoms with Crippen molar-refractivity contribution >= 4 is 52.9 Å². The molecule has 0 fully saturated rings. The zero-order valence-corrected chi connectivity index (χ0v) is 24.1. The summed E-state index contributed by atoms with van der Waals surface area (Å²) in [7, 11) is 0.584. The van der Waals surface area contributed by atoms with Gasteiger partial charge in [-0.25, -0.2) is 4.98 Å². The lowest BCUT2D eigenvalue weighted by Crippen LogP contribution is -2.26. The number of pyridine rings is 2. The lowest BCUT2D eigenvalue weighted by molar-refractivity contribution is 0.153. The van der Waals surface area contributed by atoms with Crippen LogP contribution in [0.25, 0.3) is 16.6 Å². The van der Waals surface area contributed by atoms with Crippen molar-refractivity contribution in [3.63, 3.8) is 0 Å². The van der Waals surface area contributed by atoms with Crippen molar-refractivity contribution in [2.24, 2.45) is 0 Å².